The Morgan fingerprint density at radius 1 is 0.903 bits per heavy atom. The van der Waals surface area contributed by atoms with Gasteiger partial charge in [-0.1, -0.05) is 30.3 Å². The first kappa shape index (κ1) is 21.1. The molecule has 2 amide bonds. The van der Waals surface area contributed by atoms with E-state index in [1.165, 1.54) is 5.56 Å². The van der Waals surface area contributed by atoms with Crippen molar-refractivity contribution < 1.29 is 19.1 Å². The van der Waals surface area contributed by atoms with E-state index < -0.39 is 5.97 Å². The molecular formula is C24H27N3O4. The van der Waals surface area contributed by atoms with E-state index in [1.807, 2.05) is 18.2 Å². The number of carbonyl (C=O) groups is 3. The van der Waals surface area contributed by atoms with Crippen LogP contribution in [0.3, 0.4) is 0 Å². The lowest BCUT2D eigenvalue weighted by atomic mass is 10.2. The minimum atomic E-state index is -0.545. The van der Waals surface area contributed by atoms with Gasteiger partial charge in [0.15, 0.2) is 6.61 Å². The second kappa shape index (κ2) is 9.75. The molecule has 2 fully saturated rings. The molecule has 1 aliphatic carbocycles. The van der Waals surface area contributed by atoms with Gasteiger partial charge in [0.1, 0.15) is 0 Å². The molecule has 4 rings (SSSR count). The number of nitrogens with one attached hydrogen (secondary N) is 1. The summed E-state index contributed by atoms with van der Waals surface area (Å²) in [5, 5.41) is 2.83. The van der Waals surface area contributed by atoms with E-state index in [0.717, 1.165) is 32.5 Å². The fraction of sp³-hybridized carbons (Fsp3) is 0.375. The van der Waals surface area contributed by atoms with E-state index in [4.69, 9.17) is 4.74 Å². The number of amides is 2. The SMILES string of the molecule is O=C(OCC(=O)N1CCN(Cc2ccccc2)CC1)c1ccc(NC(=O)C2CC2)cc1. The molecule has 1 aliphatic heterocycles. The third kappa shape index (κ3) is 5.92. The van der Waals surface area contributed by atoms with Crippen molar-refractivity contribution >= 4 is 23.5 Å². The maximum Gasteiger partial charge on any atom is 0.338 e. The Bertz CT molecular complexity index is 918. The molecule has 1 saturated heterocycles. The first-order valence-corrected chi connectivity index (χ1v) is 10.7. The van der Waals surface area contributed by atoms with Crippen LogP contribution in [0.1, 0.15) is 28.8 Å². The Balaban J connectivity index is 1.19. The molecule has 7 nitrogen and oxygen atoms in total. The van der Waals surface area contributed by atoms with Crippen molar-refractivity contribution in [2.45, 2.75) is 19.4 Å². The molecule has 1 N–H and O–H groups in total. The number of hydrogen-bond donors (Lipinski definition) is 1. The zero-order valence-electron chi connectivity index (χ0n) is 17.5. The second-order valence-corrected chi connectivity index (χ2v) is 8.06. The summed E-state index contributed by atoms with van der Waals surface area (Å²) in [5.74, 6) is -0.585. The highest BCUT2D eigenvalue weighted by Crippen LogP contribution is 2.30. The zero-order chi connectivity index (χ0) is 21.6. The molecule has 0 unspecified atom stereocenters. The van der Waals surface area contributed by atoms with Gasteiger partial charge in [-0.25, -0.2) is 4.79 Å². The number of ether oxygens (including phenoxy) is 1. The Kier molecular flexibility index (Phi) is 6.62. The lowest BCUT2D eigenvalue weighted by Gasteiger charge is -2.34. The summed E-state index contributed by atoms with van der Waals surface area (Å²) < 4.78 is 5.20. The summed E-state index contributed by atoms with van der Waals surface area (Å²) >= 11 is 0. The van der Waals surface area contributed by atoms with E-state index in [9.17, 15) is 14.4 Å². The molecule has 31 heavy (non-hydrogen) atoms. The number of anilines is 1. The van der Waals surface area contributed by atoms with Crippen LogP contribution in [0.25, 0.3) is 0 Å². The van der Waals surface area contributed by atoms with Crippen LogP contribution < -0.4 is 5.32 Å². The Labute approximate surface area is 182 Å². The normalized spacial score (nSPS) is 16.6. The van der Waals surface area contributed by atoms with Gasteiger partial charge >= 0.3 is 5.97 Å². The molecule has 7 heteroatoms. The zero-order valence-corrected chi connectivity index (χ0v) is 17.5. The van der Waals surface area contributed by atoms with Gasteiger partial charge in [0.2, 0.25) is 5.91 Å². The van der Waals surface area contributed by atoms with Crippen LogP contribution in [0.2, 0.25) is 0 Å². The van der Waals surface area contributed by atoms with E-state index >= 15 is 0 Å². The summed E-state index contributed by atoms with van der Waals surface area (Å²) in [5.41, 5.74) is 2.26. The number of piperazine rings is 1. The minimum absolute atomic E-state index is 0.0183. The van der Waals surface area contributed by atoms with Gasteiger partial charge in [0.05, 0.1) is 5.56 Å². The lowest BCUT2D eigenvalue weighted by molar-refractivity contribution is -0.136. The largest absolute Gasteiger partial charge is 0.452 e. The van der Waals surface area contributed by atoms with Crippen LogP contribution in [0, 0.1) is 5.92 Å². The van der Waals surface area contributed by atoms with Gasteiger partial charge in [-0.05, 0) is 42.7 Å². The molecule has 0 aromatic heterocycles. The number of rotatable bonds is 7. The summed E-state index contributed by atoms with van der Waals surface area (Å²) in [4.78, 5) is 40.5. The predicted molar refractivity (Wildman–Crippen MR) is 116 cm³/mol. The van der Waals surface area contributed by atoms with Crippen LogP contribution in [0.4, 0.5) is 5.69 Å². The van der Waals surface area contributed by atoms with Gasteiger partial charge in [0, 0.05) is 44.3 Å². The van der Waals surface area contributed by atoms with Crippen molar-refractivity contribution in [3.8, 4) is 0 Å². The fourth-order valence-electron chi connectivity index (χ4n) is 3.58. The van der Waals surface area contributed by atoms with Crippen molar-refractivity contribution in [3.63, 3.8) is 0 Å². The molecule has 2 aliphatic rings. The van der Waals surface area contributed by atoms with Crippen LogP contribution in [-0.4, -0.2) is 60.4 Å². The monoisotopic (exact) mass is 421 g/mol. The topological polar surface area (TPSA) is 79.0 Å². The molecule has 0 atom stereocenters. The fourth-order valence-corrected chi connectivity index (χ4v) is 3.58. The molecule has 0 spiro atoms. The number of esters is 1. The maximum absolute atomic E-state index is 12.4. The average Bonchev–Trinajstić information content (AvgIpc) is 3.65. The van der Waals surface area contributed by atoms with Crippen molar-refractivity contribution in [3.05, 3.63) is 65.7 Å². The van der Waals surface area contributed by atoms with Crippen molar-refractivity contribution in [1.29, 1.82) is 0 Å². The van der Waals surface area contributed by atoms with E-state index in [0.29, 0.717) is 24.3 Å². The maximum atomic E-state index is 12.4. The van der Waals surface area contributed by atoms with Crippen LogP contribution in [0.15, 0.2) is 54.6 Å². The second-order valence-electron chi connectivity index (χ2n) is 8.06. The standard InChI is InChI=1S/C24H27N3O4/c28-22(27-14-12-26(13-15-27)16-18-4-2-1-3-5-18)17-31-24(30)20-8-10-21(11-9-20)25-23(29)19-6-7-19/h1-5,8-11,19H,6-7,12-17H2,(H,25,29). The van der Waals surface area contributed by atoms with Gasteiger partial charge in [-0.3, -0.25) is 14.5 Å². The summed E-state index contributed by atoms with van der Waals surface area (Å²) in [7, 11) is 0. The van der Waals surface area contributed by atoms with Crippen molar-refractivity contribution in [2.75, 3.05) is 38.1 Å². The number of carbonyl (C=O) groups excluding carboxylic acids is 3. The first-order valence-electron chi connectivity index (χ1n) is 10.7. The predicted octanol–water partition coefficient (Wildman–Crippen LogP) is 2.54. The van der Waals surface area contributed by atoms with Gasteiger partial charge in [0.25, 0.3) is 5.91 Å². The minimum Gasteiger partial charge on any atom is -0.452 e. The Morgan fingerprint density at radius 3 is 2.23 bits per heavy atom. The molecule has 2 aromatic carbocycles. The van der Waals surface area contributed by atoms with Gasteiger partial charge < -0.3 is 15.0 Å². The van der Waals surface area contributed by atoms with Crippen LogP contribution in [0.5, 0.6) is 0 Å². The molecule has 1 saturated carbocycles. The molecule has 2 aromatic rings. The van der Waals surface area contributed by atoms with E-state index in [-0.39, 0.29) is 24.3 Å². The number of benzene rings is 2. The molecule has 162 valence electrons. The van der Waals surface area contributed by atoms with E-state index in [1.54, 1.807) is 29.2 Å². The highest BCUT2D eigenvalue weighted by Gasteiger charge is 2.29. The third-order valence-corrected chi connectivity index (χ3v) is 5.64. The van der Waals surface area contributed by atoms with Crippen molar-refractivity contribution in [2.24, 2.45) is 5.92 Å². The first-order chi connectivity index (χ1) is 15.1. The number of hydrogen-bond acceptors (Lipinski definition) is 5. The average molecular weight is 421 g/mol. The quantitative estimate of drug-likeness (QED) is 0.695. The van der Waals surface area contributed by atoms with Crippen molar-refractivity contribution in [1.82, 2.24) is 9.80 Å². The summed E-state index contributed by atoms with van der Waals surface area (Å²) in [6, 6.07) is 16.8. The molecule has 1 heterocycles. The number of nitrogens with zero attached hydrogens (tertiary/aromatic N) is 2. The molecule has 0 bridgehead atoms. The molecule has 0 radical (unpaired) electrons. The van der Waals surface area contributed by atoms with Gasteiger partial charge in [-0.2, -0.15) is 0 Å². The van der Waals surface area contributed by atoms with Crippen LogP contribution in [-0.2, 0) is 20.9 Å². The lowest BCUT2D eigenvalue weighted by Crippen LogP contribution is -2.49. The summed E-state index contributed by atoms with van der Waals surface area (Å²) in [6.07, 6.45) is 1.87. The molecular weight excluding hydrogens is 394 g/mol. The van der Waals surface area contributed by atoms with E-state index in [2.05, 4.69) is 22.3 Å². The third-order valence-electron chi connectivity index (χ3n) is 5.64. The van der Waals surface area contributed by atoms with Gasteiger partial charge in [-0.15, -0.1) is 0 Å². The highest BCUT2D eigenvalue weighted by atomic mass is 16.5. The highest BCUT2D eigenvalue weighted by molar-refractivity contribution is 5.95. The Morgan fingerprint density at radius 2 is 1.58 bits per heavy atom. The Hall–Kier alpha value is -3.19. The smallest absolute Gasteiger partial charge is 0.338 e. The summed E-state index contributed by atoms with van der Waals surface area (Å²) in [6.45, 7) is 3.44. The van der Waals surface area contributed by atoms with Crippen LogP contribution >= 0.6 is 0 Å².